The molecule has 2 N–H and O–H groups in total. The smallest absolute Gasteiger partial charge is 0.255 e. The summed E-state index contributed by atoms with van der Waals surface area (Å²) in [5.74, 6) is 1.30. The first-order chi connectivity index (χ1) is 15.0. The summed E-state index contributed by atoms with van der Waals surface area (Å²) in [7, 11) is 4.70. The maximum atomic E-state index is 12.8. The zero-order chi connectivity index (χ0) is 22.2. The molecule has 0 aromatic heterocycles. The first-order valence-electron chi connectivity index (χ1n) is 9.59. The molecule has 0 radical (unpaired) electrons. The lowest BCUT2D eigenvalue weighted by Crippen LogP contribution is -2.25. The Kier molecular flexibility index (Phi) is 7.11. The Morgan fingerprint density at radius 1 is 0.774 bits per heavy atom. The fourth-order valence-corrected chi connectivity index (χ4v) is 3.00. The van der Waals surface area contributed by atoms with Crippen LogP contribution in [0.2, 0.25) is 0 Å². The van der Waals surface area contributed by atoms with Crippen LogP contribution in [0.5, 0.6) is 17.2 Å². The van der Waals surface area contributed by atoms with Crippen molar-refractivity contribution in [2.45, 2.75) is 6.54 Å². The molecule has 0 fully saturated rings. The number of para-hydroxylation sites is 1. The summed E-state index contributed by atoms with van der Waals surface area (Å²) in [6, 6.07) is 18.9. The van der Waals surface area contributed by atoms with Crippen molar-refractivity contribution in [1.82, 2.24) is 5.32 Å². The second-order valence-corrected chi connectivity index (χ2v) is 6.59. The molecule has 0 saturated heterocycles. The van der Waals surface area contributed by atoms with Crippen molar-refractivity contribution in [1.29, 1.82) is 0 Å². The quantitative estimate of drug-likeness (QED) is 0.577. The van der Waals surface area contributed by atoms with Gasteiger partial charge in [0.15, 0.2) is 0 Å². The molecule has 0 spiro atoms. The van der Waals surface area contributed by atoms with Gasteiger partial charge < -0.3 is 24.8 Å². The minimum atomic E-state index is -0.320. The first kappa shape index (κ1) is 21.7. The topological polar surface area (TPSA) is 85.9 Å². The van der Waals surface area contributed by atoms with Crippen molar-refractivity contribution >= 4 is 17.5 Å². The highest BCUT2D eigenvalue weighted by atomic mass is 16.5. The van der Waals surface area contributed by atoms with E-state index in [-0.39, 0.29) is 18.4 Å². The lowest BCUT2D eigenvalue weighted by atomic mass is 10.1. The van der Waals surface area contributed by atoms with Crippen molar-refractivity contribution in [3.05, 3.63) is 83.4 Å². The van der Waals surface area contributed by atoms with Crippen molar-refractivity contribution in [2.24, 2.45) is 0 Å². The van der Waals surface area contributed by atoms with Crippen LogP contribution in [0.1, 0.15) is 26.3 Å². The summed E-state index contributed by atoms with van der Waals surface area (Å²) in [5.41, 5.74) is 2.04. The summed E-state index contributed by atoms with van der Waals surface area (Å²) >= 11 is 0. The third-order valence-corrected chi connectivity index (χ3v) is 4.71. The maximum Gasteiger partial charge on any atom is 0.255 e. The summed E-state index contributed by atoms with van der Waals surface area (Å²) in [6.07, 6.45) is 0. The number of methoxy groups -OCH3 is 3. The summed E-state index contributed by atoms with van der Waals surface area (Å²) < 4.78 is 15.7. The minimum absolute atomic E-state index is 0.257. The van der Waals surface area contributed by atoms with Crippen LogP contribution in [0.15, 0.2) is 66.7 Å². The van der Waals surface area contributed by atoms with Gasteiger partial charge in [-0.1, -0.05) is 12.1 Å². The molecule has 160 valence electrons. The molecule has 0 saturated carbocycles. The number of hydrogen-bond donors (Lipinski definition) is 2. The molecule has 0 bridgehead atoms. The van der Waals surface area contributed by atoms with Crippen LogP contribution in [0.4, 0.5) is 5.69 Å². The highest BCUT2D eigenvalue weighted by Crippen LogP contribution is 2.25. The summed E-state index contributed by atoms with van der Waals surface area (Å²) in [5, 5.41) is 5.67. The molecule has 31 heavy (non-hydrogen) atoms. The molecule has 0 atom stereocenters. The average Bonchev–Trinajstić information content (AvgIpc) is 2.82. The first-order valence-corrected chi connectivity index (χ1v) is 9.59. The van der Waals surface area contributed by atoms with Crippen molar-refractivity contribution in [2.75, 3.05) is 26.6 Å². The van der Waals surface area contributed by atoms with Crippen LogP contribution in [0, 0.1) is 0 Å². The zero-order valence-electron chi connectivity index (χ0n) is 17.6. The van der Waals surface area contributed by atoms with Gasteiger partial charge in [0, 0.05) is 23.7 Å². The predicted octanol–water partition coefficient (Wildman–Crippen LogP) is 3.89. The number of anilines is 1. The molecule has 7 nitrogen and oxygen atoms in total. The van der Waals surface area contributed by atoms with E-state index in [2.05, 4.69) is 10.6 Å². The van der Waals surface area contributed by atoms with E-state index in [0.29, 0.717) is 34.1 Å². The Labute approximate surface area is 180 Å². The van der Waals surface area contributed by atoms with E-state index >= 15 is 0 Å². The van der Waals surface area contributed by atoms with E-state index in [9.17, 15) is 9.59 Å². The van der Waals surface area contributed by atoms with Crippen molar-refractivity contribution in [3.63, 3.8) is 0 Å². The number of benzene rings is 3. The fraction of sp³-hybridized carbons (Fsp3) is 0.167. The number of nitrogens with one attached hydrogen (secondary N) is 2. The van der Waals surface area contributed by atoms with Gasteiger partial charge in [-0.25, -0.2) is 0 Å². The molecular formula is C24H24N2O5. The molecular weight excluding hydrogens is 396 g/mol. The third-order valence-electron chi connectivity index (χ3n) is 4.71. The molecule has 3 aromatic rings. The van der Waals surface area contributed by atoms with Crippen LogP contribution in [-0.2, 0) is 6.54 Å². The minimum Gasteiger partial charge on any atom is -0.497 e. The molecule has 0 aliphatic carbocycles. The van der Waals surface area contributed by atoms with E-state index in [1.54, 1.807) is 82.0 Å². The second kappa shape index (κ2) is 10.2. The largest absolute Gasteiger partial charge is 0.497 e. The Morgan fingerprint density at radius 2 is 1.45 bits per heavy atom. The molecule has 0 aliphatic heterocycles. The van der Waals surface area contributed by atoms with Crippen LogP contribution >= 0.6 is 0 Å². The number of carbonyl (C=O) groups is 2. The molecule has 0 aliphatic rings. The molecule has 0 unspecified atom stereocenters. The summed E-state index contributed by atoms with van der Waals surface area (Å²) in [6.45, 7) is 0.257. The fourth-order valence-electron chi connectivity index (χ4n) is 3.00. The number of amides is 2. The lowest BCUT2D eigenvalue weighted by molar-refractivity contribution is 0.0951. The van der Waals surface area contributed by atoms with Gasteiger partial charge in [0.2, 0.25) is 0 Å². The van der Waals surface area contributed by atoms with Gasteiger partial charge in [-0.2, -0.15) is 0 Å². The molecule has 3 aromatic carbocycles. The van der Waals surface area contributed by atoms with E-state index in [1.165, 1.54) is 0 Å². The third kappa shape index (κ3) is 5.33. The lowest BCUT2D eigenvalue weighted by Gasteiger charge is -2.13. The van der Waals surface area contributed by atoms with E-state index in [0.717, 1.165) is 5.56 Å². The SMILES string of the molecule is COc1ccc(C(=O)Nc2ccccc2C(=O)NCc2ccc(OC)cc2OC)cc1. The van der Waals surface area contributed by atoms with Crippen LogP contribution in [0.3, 0.4) is 0 Å². The normalized spacial score (nSPS) is 10.2. The van der Waals surface area contributed by atoms with Crippen molar-refractivity contribution in [3.8, 4) is 17.2 Å². The van der Waals surface area contributed by atoms with Gasteiger partial charge in [-0.15, -0.1) is 0 Å². The van der Waals surface area contributed by atoms with E-state index < -0.39 is 0 Å². The van der Waals surface area contributed by atoms with Gasteiger partial charge in [-0.3, -0.25) is 9.59 Å². The molecule has 7 heteroatoms. The molecule has 3 rings (SSSR count). The van der Waals surface area contributed by atoms with Crippen LogP contribution in [0.25, 0.3) is 0 Å². The zero-order valence-corrected chi connectivity index (χ0v) is 17.6. The van der Waals surface area contributed by atoms with E-state index in [4.69, 9.17) is 14.2 Å². The highest BCUT2D eigenvalue weighted by molar-refractivity contribution is 6.09. The van der Waals surface area contributed by atoms with Crippen molar-refractivity contribution < 1.29 is 23.8 Å². The Balaban J connectivity index is 1.72. The average molecular weight is 420 g/mol. The summed E-state index contributed by atoms with van der Waals surface area (Å²) in [4.78, 5) is 25.4. The Morgan fingerprint density at radius 3 is 2.13 bits per heavy atom. The van der Waals surface area contributed by atoms with Gasteiger partial charge in [-0.05, 0) is 48.5 Å². The van der Waals surface area contributed by atoms with Crippen LogP contribution < -0.4 is 24.8 Å². The van der Waals surface area contributed by atoms with Gasteiger partial charge in [0.1, 0.15) is 17.2 Å². The van der Waals surface area contributed by atoms with Gasteiger partial charge >= 0.3 is 0 Å². The number of rotatable bonds is 8. The van der Waals surface area contributed by atoms with Gasteiger partial charge in [0.25, 0.3) is 11.8 Å². The second-order valence-electron chi connectivity index (χ2n) is 6.59. The molecule has 0 heterocycles. The predicted molar refractivity (Wildman–Crippen MR) is 118 cm³/mol. The monoisotopic (exact) mass is 420 g/mol. The molecule has 2 amide bonds. The van der Waals surface area contributed by atoms with Crippen LogP contribution in [-0.4, -0.2) is 33.1 Å². The van der Waals surface area contributed by atoms with Gasteiger partial charge in [0.05, 0.1) is 32.6 Å². The number of carbonyl (C=O) groups excluding carboxylic acids is 2. The van der Waals surface area contributed by atoms with E-state index in [1.807, 2.05) is 6.07 Å². The Hall–Kier alpha value is -4.00. The Bertz CT molecular complexity index is 1060. The number of ether oxygens (including phenoxy) is 3. The number of hydrogen-bond acceptors (Lipinski definition) is 5. The highest BCUT2D eigenvalue weighted by Gasteiger charge is 2.15. The standard InChI is InChI=1S/C24H24N2O5/c1-29-18-11-8-16(9-12-18)23(27)26-21-7-5-4-6-20(21)24(28)25-15-17-10-13-19(30-2)14-22(17)31-3/h4-14H,15H2,1-3H3,(H,25,28)(H,26,27). The maximum absolute atomic E-state index is 12.8.